The van der Waals surface area contributed by atoms with Crippen LogP contribution >= 0.6 is 0 Å². The minimum absolute atomic E-state index is 0.115. The van der Waals surface area contributed by atoms with Gasteiger partial charge in [0.1, 0.15) is 17.2 Å². The summed E-state index contributed by atoms with van der Waals surface area (Å²) in [4.78, 5) is 24.5. The number of amides is 1. The number of carbonyl (C=O) groups excluding carboxylic acids is 1. The summed E-state index contributed by atoms with van der Waals surface area (Å²) < 4.78 is 51.6. The molecule has 1 amide bonds. The molecule has 0 aliphatic heterocycles. The lowest BCUT2D eigenvalue weighted by Gasteiger charge is -2.08. The predicted octanol–water partition coefficient (Wildman–Crippen LogP) is 1.45. The topological polar surface area (TPSA) is 105 Å². The molecule has 0 saturated carbocycles. The Morgan fingerprint density at radius 2 is 1.84 bits per heavy atom. The second kappa shape index (κ2) is 8.77. The SMILES string of the molecule is COc1ccc(OC)c(-c2cc(C(=O)NCCn3nc(C(F)(F)F)n(C)c3=O)n(C)n2)c1. The van der Waals surface area contributed by atoms with Crippen molar-refractivity contribution < 1.29 is 27.4 Å². The summed E-state index contributed by atoms with van der Waals surface area (Å²) in [6.07, 6.45) is -4.76. The molecule has 10 nitrogen and oxygen atoms in total. The number of aromatic nitrogens is 5. The second-order valence-electron chi connectivity index (χ2n) is 6.75. The summed E-state index contributed by atoms with van der Waals surface area (Å²) >= 11 is 0. The number of hydrogen-bond acceptors (Lipinski definition) is 6. The number of alkyl halides is 3. The highest BCUT2D eigenvalue weighted by atomic mass is 19.4. The first-order chi connectivity index (χ1) is 15.1. The van der Waals surface area contributed by atoms with Crippen molar-refractivity contribution in [2.75, 3.05) is 20.8 Å². The van der Waals surface area contributed by atoms with Crippen molar-refractivity contribution in [3.8, 4) is 22.8 Å². The molecule has 0 spiro atoms. The first-order valence-corrected chi connectivity index (χ1v) is 9.32. The third-order valence-electron chi connectivity index (χ3n) is 4.70. The third kappa shape index (κ3) is 4.45. The Balaban J connectivity index is 1.74. The highest BCUT2D eigenvalue weighted by molar-refractivity contribution is 5.93. The molecule has 0 aliphatic rings. The van der Waals surface area contributed by atoms with Gasteiger partial charge in [-0.2, -0.15) is 18.3 Å². The molecule has 3 rings (SSSR count). The van der Waals surface area contributed by atoms with Gasteiger partial charge in [-0.05, 0) is 24.3 Å². The number of ether oxygens (including phenoxy) is 2. The molecular weight excluding hydrogens is 433 g/mol. The number of carbonyl (C=O) groups is 1. The highest BCUT2D eigenvalue weighted by Gasteiger charge is 2.37. The van der Waals surface area contributed by atoms with Crippen molar-refractivity contribution in [2.45, 2.75) is 12.7 Å². The zero-order chi connectivity index (χ0) is 23.6. The molecule has 32 heavy (non-hydrogen) atoms. The van der Waals surface area contributed by atoms with Crippen molar-refractivity contribution >= 4 is 5.91 Å². The lowest BCUT2D eigenvalue weighted by Crippen LogP contribution is -2.32. The highest BCUT2D eigenvalue weighted by Crippen LogP contribution is 2.33. The van der Waals surface area contributed by atoms with E-state index in [0.717, 1.165) is 7.05 Å². The molecule has 3 aromatic rings. The Bertz CT molecular complexity index is 1190. The van der Waals surface area contributed by atoms with E-state index in [0.29, 0.717) is 32.0 Å². The van der Waals surface area contributed by atoms with E-state index in [9.17, 15) is 22.8 Å². The normalized spacial score (nSPS) is 11.5. The fraction of sp³-hybridized carbons (Fsp3) is 0.368. The third-order valence-corrected chi connectivity index (χ3v) is 4.70. The van der Waals surface area contributed by atoms with Crippen LogP contribution in [0.5, 0.6) is 11.5 Å². The van der Waals surface area contributed by atoms with Crippen LogP contribution in [-0.2, 0) is 26.8 Å². The van der Waals surface area contributed by atoms with Crippen molar-refractivity contribution in [2.24, 2.45) is 14.1 Å². The van der Waals surface area contributed by atoms with Gasteiger partial charge in [-0.1, -0.05) is 0 Å². The van der Waals surface area contributed by atoms with E-state index >= 15 is 0 Å². The predicted molar refractivity (Wildman–Crippen MR) is 107 cm³/mol. The van der Waals surface area contributed by atoms with Crippen LogP contribution in [0.15, 0.2) is 29.1 Å². The first kappa shape index (κ1) is 22.9. The molecule has 0 aliphatic carbocycles. The van der Waals surface area contributed by atoms with E-state index in [1.54, 1.807) is 31.3 Å². The van der Waals surface area contributed by atoms with Gasteiger partial charge in [0.05, 0.1) is 26.5 Å². The Labute approximate surface area is 180 Å². The minimum atomic E-state index is -4.76. The number of halogens is 3. The summed E-state index contributed by atoms with van der Waals surface area (Å²) in [5.41, 5.74) is 0.346. The van der Waals surface area contributed by atoms with Crippen LogP contribution in [0.3, 0.4) is 0 Å². The number of rotatable bonds is 7. The van der Waals surface area contributed by atoms with Crippen LogP contribution in [-0.4, -0.2) is 50.8 Å². The fourth-order valence-electron chi connectivity index (χ4n) is 3.07. The van der Waals surface area contributed by atoms with E-state index in [4.69, 9.17) is 9.47 Å². The summed E-state index contributed by atoms with van der Waals surface area (Å²) in [5, 5.41) is 10.2. The van der Waals surface area contributed by atoms with Crippen LogP contribution in [0, 0.1) is 0 Å². The molecule has 0 radical (unpaired) electrons. The molecule has 1 aromatic carbocycles. The average Bonchev–Trinajstić information content (AvgIpc) is 3.27. The summed E-state index contributed by atoms with van der Waals surface area (Å²) in [6, 6.07) is 6.70. The lowest BCUT2D eigenvalue weighted by molar-refractivity contribution is -0.147. The molecular formula is C19H21F3N6O4. The van der Waals surface area contributed by atoms with E-state index in [1.165, 1.54) is 18.9 Å². The minimum Gasteiger partial charge on any atom is -0.497 e. The monoisotopic (exact) mass is 454 g/mol. The van der Waals surface area contributed by atoms with Gasteiger partial charge in [0.25, 0.3) is 5.91 Å². The van der Waals surface area contributed by atoms with Crippen LogP contribution < -0.4 is 20.5 Å². The van der Waals surface area contributed by atoms with Crippen LogP contribution in [0.2, 0.25) is 0 Å². The molecule has 0 saturated heterocycles. The molecule has 172 valence electrons. The summed E-state index contributed by atoms with van der Waals surface area (Å²) in [6.45, 7) is -0.348. The van der Waals surface area contributed by atoms with Gasteiger partial charge < -0.3 is 14.8 Å². The zero-order valence-electron chi connectivity index (χ0n) is 17.7. The molecule has 13 heteroatoms. The fourth-order valence-corrected chi connectivity index (χ4v) is 3.07. The molecule has 0 fully saturated rings. The second-order valence-corrected chi connectivity index (χ2v) is 6.75. The Kier molecular flexibility index (Phi) is 6.27. The average molecular weight is 454 g/mol. The Hall–Kier alpha value is -3.77. The van der Waals surface area contributed by atoms with Gasteiger partial charge in [-0.15, -0.1) is 5.10 Å². The van der Waals surface area contributed by atoms with E-state index < -0.39 is 23.6 Å². The molecule has 0 unspecified atom stereocenters. The van der Waals surface area contributed by atoms with Crippen molar-refractivity contribution in [3.63, 3.8) is 0 Å². The largest absolute Gasteiger partial charge is 0.497 e. The van der Waals surface area contributed by atoms with Crippen molar-refractivity contribution in [1.82, 2.24) is 29.4 Å². The number of hydrogen-bond donors (Lipinski definition) is 1. The maximum Gasteiger partial charge on any atom is 0.451 e. The maximum absolute atomic E-state index is 12.9. The first-order valence-electron chi connectivity index (χ1n) is 9.32. The number of aryl methyl sites for hydroxylation is 1. The number of nitrogens with zero attached hydrogens (tertiary/aromatic N) is 5. The Morgan fingerprint density at radius 3 is 2.44 bits per heavy atom. The van der Waals surface area contributed by atoms with E-state index in [2.05, 4.69) is 15.5 Å². The number of methoxy groups -OCH3 is 2. The maximum atomic E-state index is 12.9. The summed E-state index contributed by atoms with van der Waals surface area (Å²) in [7, 11) is 5.58. The van der Waals surface area contributed by atoms with Gasteiger partial charge in [0.2, 0.25) is 5.82 Å². The molecule has 0 bridgehead atoms. The molecule has 1 N–H and O–H groups in total. The van der Waals surface area contributed by atoms with Gasteiger partial charge in [-0.25, -0.2) is 9.48 Å². The molecule has 2 heterocycles. The van der Waals surface area contributed by atoms with E-state index in [-0.39, 0.29) is 18.8 Å². The van der Waals surface area contributed by atoms with Crippen LogP contribution in [0.4, 0.5) is 13.2 Å². The lowest BCUT2D eigenvalue weighted by atomic mass is 10.1. The number of benzene rings is 1. The van der Waals surface area contributed by atoms with Crippen molar-refractivity contribution in [1.29, 1.82) is 0 Å². The molecule has 0 atom stereocenters. The van der Waals surface area contributed by atoms with Crippen LogP contribution in [0.25, 0.3) is 11.3 Å². The van der Waals surface area contributed by atoms with Gasteiger partial charge >= 0.3 is 11.9 Å². The zero-order valence-corrected chi connectivity index (χ0v) is 17.7. The van der Waals surface area contributed by atoms with E-state index in [1.807, 2.05) is 0 Å². The van der Waals surface area contributed by atoms with Crippen LogP contribution in [0.1, 0.15) is 16.3 Å². The smallest absolute Gasteiger partial charge is 0.451 e. The number of nitrogens with one attached hydrogen (secondary N) is 1. The molecule has 2 aromatic heterocycles. The standard InChI is InChI=1S/C19H21F3N6O4/c1-26-17(19(20,21)22)25-28(18(26)30)8-7-23-16(29)14-10-13(24-27(14)2)12-9-11(31-3)5-6-15(12)32-4/h5-6,9-10H,7-8H2,1-4H3,(H,23,29). The van der Waals surface area contributed by atoms with Crippen molar-refractivity contribution in [3.05, 3.63) is 46.3 Å². The van der Waals surface area contributed by atoms with Gasteiger partial charge in [0.15, 0.2) is 0 Å². The Morgan fingerprint density at radius 1 is 1.12 bits per heavy atom. The van der Waals surface area contributed by atoms with Gasteiger partial charge in [0, 0.05) is 26.2 Å². The van der Waals surface area contributed by atoms with Gasteiger partial charge in [-0.3, -0.25) is 14.0 Å². The quantitative estimate of drug-likeness (QED) is 0.580. The summed E-state index contributed by atoms with van der Waals surface area (Å²) in [5.74, 6) is -0.715.